The van der Waals surface area contributed by atoms with Crippen molar-refractivity contribution in [3.05, 3.63) is 96.6 Å². The molecule has 3 atom stereocenters. The number of alkyl carbamates (subject to hydrolysis) is 1. The molecule has 1 aliphatic rings. The first-order valence-electron chi connectivity index (χ1n) is 13.3. The standard InChI is InChI=1S/C30H35N2O6P/c1-3-23(2)28(31-30(34)36-22-24-14-7-4-8-15-24)29(33)32-21-13-20-27(32)39(35,37-25-16-9-5-10-17-25)38-26-18-11-6-12-19-26/h4-12,14-19,23,27-28H,3,13,20-22H2,1-2H3,(H,31,34)/t23-,27?,28-/m0/s1. The van der Waals surface area contributed by atoms with E-state index >= 15 is 0 Å². The number of carbonyl (C=O) groups excluding carboxylic acids is 2. The molecule has 0 aliphatic carbocycles. The topological polar surface area (TPSA) is 94.2 Å². The normalized spacial score (nSPS) is 16.7. The third-order valence-corrected chi connectivity index (χ3v) is 8.98. The maximum atomic E-state index is 14.5. The van der Waals surface area contributed by atoms with Crippen LogP contribution in [-0.2, 0) is 20.7 Å². The highest BCUT2D eigenvalue weighted by molar-refractivity contribution is 7.55. The van der Waals surface area contributed by atoms with Gasteiger partial charge in [0.1, 0.15) is 24.1 Å². The predicted molar refractivity (Wildman–Crippen MR) is 149 cm³/mol. The van der Waals surface area contributed by atoms with Crippen molar-refractivity contribution in [1.29, 1.82) is 0 Å². The Hall–Kier alpha value is -3.77. The van der Waals surface area contributed by atoms with E-state index < -0.39 is 25.5 Å². The number of ether oxygens (including phenoxy) is 1. The van der Waals surface area contributed by atoms with Gasteiger partial charge in [-0.3, -0.25) is 4.79 Å². The van der Waals surface area contributed by atoms with Gasteiger partial charge in [0.15, 0.2) is 5.78 Å². The fraction of sp³-hybridized carbons (Fsp3) is 0.333. The van der Waals surface area contributed by atoms with E-state index in [0.717, 1.165) is 5.56 Å². The molecule has 0 radical (unpaired) electrons. The van der Waals surface area contributed by atoms with Crippen molar-refractivity contribution in [2.75, 3.05) is 6.54 Å². The Balaban J connectivity index is 1.55. The van der Waals surface area contributed by atoms with Gasteiger partial charge in [-0.2, -0.15) is 0 Å². The van der Waals surface area contributed by atoms with Gasteiger partial charge in [0, 0.05) is 6.54 Å². The Bertz CT molecular complexity index is 1210. The minimum atomic E-state index is -3.93. The molecule has 1 unspecified atom stereocenters. The zero-order valence-electron chi connectivity index (χ0n) is 22.3. The van der Waals surface area contributed by atoms with E-state index in [9.17, 15) is 14.2 Å². The van der Waals surface area contributed by atoms with Crippen LogP contribution in [0.2, 0.25) is 0 Å². The number of nitrogens with one attached hydrogen (secondary N) is 1. The Morgan fingerprint density at radius 3 is 2.00 bits per heavy atom. The van der Waals surface area contributed by atoms with Crippen LogP contribution < -0.4 is 14.4 Å². The summed E-state index contributed by atoms with van der Waals surface area (Å²) in [7, 11) is -3.93. The van der Waals surface area contributed by atoms with Crippen LogP contribution in [0.25, 0.3) is 0 Å². The molecule has 0 bridgehead atoms. The second-order valence-corrected chi connectivity index (χ2v) is 11.6. The lowest BCUT2D eigenvalue weighted by Gasteiger charge is -2.34. The van der Waals surface area contributed by atoms with Crippen molar-refractivity contribution < 1.29 is 27.9 Å². The number of carbonyl (C=O) groups is 2. The van der Waals surface area contributed by atoms with Gasteiger partial charge < -0.3 is 24.0 Å². The van der Waals surface area contributed by atoms with Gasteiger partial charge in [-0.15, -0.1) is 0 Å². The number of amides is 2. The van der Waals surface area contributed by atoms with Crippen LogP contribution in [0.5, 0.6) is 11.5 Å². The van der Waals surface area contributed by atoms with Gasteiger partial charge in [-0.05, 0) is 48.6 Å². The summed E-state index contributed by atoms with van der Waals surface area (Å²) in [5, 5.41) is 2.76. The highest BCUT2D eigenvalue weighted by atomic mass is 31.2. The monoisotopic (exact) mass is 550 g/mol. The zero-order chi connectivity index (χ0) is 27.7. The van der Waals surface area contributed by atoms with Crippen molar-refractivity contribution in [3.8, 4) is 11.5 Å². The van der Waals surface area contributed by atoms with Crippen LogP contribution in [0.4, 0.5) is 4.79 Å². The fourth-order valence-electron chi connectivity index (χ4n) is 4.49. The lowest BCUT2D eigenvalue weighted by atomic mass is 9.98. The van der Waals surface area contributed by atoms with E-state index in [4.69, 9.17) is 13.8 Å². The van der Waals surface area contributed by atoms with E-state index in [1.54, 1.807) is 53.4 Å². The Morgan fingerprint density at radius 1 is 0.923 bits per heavy atom. The van der Waals surface area contributed by atoms with Crippen molar-refractivity contribution >= 4 is 19.6 Å². The van der Waals surface area contributed by atoms with Crippen LogP contribution in [0.15, 0.2) is 91.0 Å². The third-order valence-electron chi connectivity index (χ3n) is 6.79. The summed E-state index contributed by atoms with van der Waals surface area (Å²) < 4.78 is 31.9. The summed E-state index contributed by atoms with van der Waals surface area (Å²) in [6.45, 7) is 4.31. The highest BCUT2D eigenvalue weighted by Crippen LogP contribution is 2.57. The van der Waals surface area contributed by atoms with E-state index in [-0.39, 0.29) is 18.4 Å². The van der Waals surface area contributed by atoms with Crippen LogP contribution in [0.3, 0.4) is 0 Å². The molecule has 1 N–H and O–H groups in total. The van der Waals surface area contributed by atoms with Crippen molar-refractivity contribution in [2.45, 2.75) is 51.5 Å². The number of nitrogens with zero attached hydrogens (tertiary/aromatic N) is 1. The largest absolute Gasteiger partial charge is 0.453 e. The first-order valence-corrected chi connectivity index (χ1v) is 14.9. The molecule has 3 aromatic carbocycles. The van der Waals surface area contributed by atoms with Crippen LogP contribution in [0.1, 0.15) is 38.7 Å². The molecule has 9 heteroatoms. The molecule has 1 saturated heterocycles. The average molecular weight is 551 g/mol. The molecule has 8 nitrogen and oxygen atoms in total. The summed E-state index contributed by atoms with van der Waals surface area (Å²) in [5.41, 5.74) is 0.843. The minimum Gasteiger partial charge on any atom is -0.445 e. The number of likely N-dealkylation sites (tertiary alicyclic amines) is 1. The first-order chi connectivity index (χ1) is 18.9. The predicted octanol–water partition coefficient (Wildman–Crippen LogP) is 6.63. The van der Waals surface area contributed by atoms with Crippen LogP contribution in [0, 0.1) is 5.92 Å². The number of hydrogen-bond acceptors (Lipinski definition) is 6. The second-order valence-electron chi connectivity index (χ2n) is 9.57. The zero-order valence-corrected chi connectivity index (χ0v) is 23.2. The second kappa shape index (κ2) is 13.3. The SMILES string of the molecule is CC[C@H](C)[C@H](NC(=O)OCc1ccccc1)C(=O)N1CCCC1P(=O)(Oc1ccccc1)Oc1ccccc1. The molecular weight excluding hydrogens is 515 g/mol. The molecule has 0 aromatic heterocycles. The smallest absolute Gasteiger partial charge is 0.445 e. The molecule has 4 rings (SSSR count). The Morgan fingerprint density at radius 2 is 1.46 bits per heavy atom. The van der Waals surface area contributed by atoms with Crippen molar-refractivity contribution in [3.63, 3.8) is 0 Å². The van der Waals surface area contributed by atoms with Gasteiger partial charge in [0.2, 0.25) is 5.91 Å². The third kappa shape index (κ3) is 7.42. The molecule has 1 fully saturated rings. The van der Waals surface area contributed by atoms with Gasteiger partial charge in [-0.25, -0.2) is 9.36 Å². The van der Waals surface area contributed by atoms with E-state index in [1.807, 2.05) is 56.3 Å². The average Bonchev–Trinajstić information content (AvgIpc) is 3.47. The fourth-order valence-corrected chi connectivity index (χ4v) is 6.67. The highest BCUT2D eigenvalue weighted by Gasteiger charge is 2.49. The maximum absolute atomic E-state index is 14.5. The van der Waals surface area contributed by atoms with Crippen LogP contribution >= 0.6 is 7.60 Å². The maximum Gasteiger partial charge on any atom is 0.453 e. The summed E-state index contributed by atoms with van der Waals surface area (Å²) >= 11 is 0. The lowest BCUT2D eigenvalue weighted by molar-refractivity contribution is -0.134. The Kier molecular flexibility index (Phi) is 9.66. The molecule has 2 amide bonds. The van der Waals surface area contributed by atoms with Gasteiger partial charge >= 0.3 is 13.7 Å². The van der Waals surface area contributed by atoms with E-state index in [2.05, 4.69) is 5.32 Å². The molecule has 0 spiro atoms. The number of para-hydroxylation sites is 2. The summed E-state index contributed by atoms with van der Waals surface area (Å²) in [6, 6.07) is 26.1. The van der Waals surface area contributed by atoms with Gasteiger partial charge in [-0.1, -0.05) is 87.0 Å². The lowest BCUT2D eigenvalue weighted by Crippen LogP contribution is -2.53. The molecular formula is C30H35N2O6P. The summed E-state index contributed by atoms with van der Waals surface area (Å²) in [6.07, 6.45) is 1.03. The minimum absolute atomic E-state index is 0.0888. The number of hydrogen-bond donors (Lipinski definition) is 1. The molecule has 1 heterocycles. The number of benzene rings is 3. The molecule has 3 aromatic rings. The summed E-state index contributed by atoms with van der Waals surface area (Å²) in [4.78, 5) is 28.2. The molecule has 1 aliphatic heterocycles. The first kappa shape index (κ1) is 28.2. The van der Waals surface area contributed by atoms with Crippen molar-refractivity contribution in [2.24, 2.45) is 5.92 Å². The summed E-state index contributed by atoms with van der Waals surface area (Å²) in [5.74, 6) is -0.571. The van der Waals surface area contributed by atoms with Gasteiger partial charge in [0.25, 0.3) is 0 Å². The van der Waals surface area contributed by atoms with Gasteiger partial charge in [0.05, 0.1) is 0 Å². The van der Waals surface area contributed by atoms with E-state index in [1.165, 1.54) is 0 Å². The molecule has 39 heavy (non-hydrogen) atoms. The molecule has 206 valence electrons. The Labute approximate surface area is 229 Å². The number of rotatable bonds is 11. The molecule has 0 saturated carbocycles. The van der Waals surface area contributed by atoms with Crippen LogP contribution in [-0.4, -0.2) is 35.3 Å². The van der Waals surface area contributed by atoms with Crippen molar-refractivity contribution in [1.82, 2.24) is 10.2 Å². The quantitative estimate of drug-likeness (QED) is 0.270. The van der Waals surface area contributed by atoms with E-state index in [0.29, 0.717) is 37.3 Å².